The van der Waals surface area contributed by atoms with E-state index in [0.717, 1.165) is 0 Å². The third-order valence-corrected chi connectivity index (χ3v) is 8.60. The number of halogens is 25. The largest absolute Gasteiger partial charge is 0.473 e. The molecule has 1 atom stereocenters. The van der Waals surface area contributed by atoms with E-state index in [4.69, 9.17) is 9.79 Å². The molecule has 0 radical (unpaired) electrons. The molecule has 0 aromatic heterocycles. The minimum absolute atomic E-state index is 0.126. The molecule has 314 valence electrons. The molecule has 1 unspecified atom stereocenters. The second kappa shape index (κ2) is 13.8. The standard InChI is InChI=1S/C18H15F25NO6PS/c1-2-3-4-5-6-44(18(43,16(38,39)40)50-51(45,46)47)52(48,49)17(41,42)14(33,34)12(29,30)10(25,26)8(21,22)7(19,20)9(23,24)11(27,28)13(31,32)15(35,36)37/h2-6H2,1H3,(H2,45,46,47). The highest BCUT2D eigenvalue weighted by Crippen LogP contribution is 2.67. The molecule has 0 aromatic rings. The van der Waals surface area contributed by atoms with Gasteiger partial charge in [0, 0.05) is 6.54 Å². The number of phosphoric ester groups is 1. The zero-order chi connectivity index (χ0) is 42.8. The highest BCUT2D eigenvalue weighted by molar-refractivity contribution is 7.90. The molecule has 0 saturated heterocycles. The summed E-state index contributed by atoms with van der Waals surface area (Å²) in [5, 5.41) is -8.89. The van der Waals surface area contributed by atoms with Gasteiger partial charge in [-0.2, -0.15) is 110 Å². The molecule has 0 aliphatic heterocycles. The number of hydrogen-bond acceptors (Lipinski definition) is 4. The van der Waals surface area contributed by atoms with Crippen LogP contribution in [0.3, 0.4) is 0 Å². The summed E-state index contributed by atoms with van der Waals surface area (Å²) in [6.45, 7) is -1.69. The van der Waals surface area contributed by atoms with Crippen molar-refractivity contribution in [1.29, 1.82) is 0 Å². The third-order valence-electron chi connectivity index (χ3n) is 6.22. The molecule has 0 spiro atoms. The topological polar surface area (TPSA) is 104 Å². The highest BCUT2D eigenvalue weighted by atomic mass is 32.2. The Hall–Kier alpha value is -1.73. The van der Waals surface area contributed by atoms with E-state index in [1.54, 1.807) is 0 Å². The lowest BCUT2D eigenvalue weighted by Crippen LogP contribution is -2.77. The van der Waals surface area contributed by atoms with Crippen molar-refractivity contribution >= 4 is 17.8 Å². The molecule has 0 saturated carbocycles. The first-order valence-corrected chi connectivity index (χ1v) is 15.1. The highest BCUT2D eigenvalue weighted by Gasteiger charge is 2.98. The Balaban J connectivity index is 7.85. The van der Waals surface area contributed by atoms with Crippen LogP contribution >= 0.6 is 7.82 Å². The maximum atomic E-state index is 15.0. The van der Waals surface area contributed by atoms with Gasteiger partial charge in [0.2, 0.25) is 0 Å². The van der Waals surface area contributed by atoms with Gasteiger partial charge in [0.1, 0.15) is 0 Å². The molecule has 2 N–H and O–H groups in total. The molecule has 0 aliphatic rings. The maximum Gasteiger partial charge on any atom is 0.473 e. The van der Waals surface area contributed by atoms with Gasteiger partial charge in [-0.1, -0.05) is 26.2 Å². The van der Waals surface area contributed by atoms with E-state index in [9.17, 15) is 123 Å². The monoisotopic (exact) mass is 879 g/mol. The van der Waals surface area contributed by atoms with Crippen LogP contribution in [0, 0.1) is 0 Å². The Labute approximate surface area is 270 Å². The van der Waals surface area contributed by atoms with Crippen LogP contribution in [-0.2, 0) is 19.1 Å². The fourth-order valence-corrected chi connectivity index (χ4v) is 5.46. The minimum Gasteiger partial charge on any atom is -0.303 e. The second-order valence-electron chi connectivity index (χ2n) is 9.89. The minimum atomic E-state index is -9.75. The van der Waals surface area contributed by atoms with Gasteiger partial charge in [0.25, 0.3) is 10.0 Å². The summed E-state index contributed by atoms with van der Waals surface area (Å²) in [5.41, 5.74) is 0. The first kappa shape index (κ1) is 50.3. The summed E-state index contributed by atoms with van der Waals surface area (Å²) in [6, 6.07) is 0. The maximum absolute atomic E-state index is 15.0. The lowest BCUT2D eigenvalue weighted by Gasteiger charge is -2.45. The van der Waals surface area contributed by atoms with Crippen molar-refractivity contribution in [3.63, 3.8) is 0 Å². The fraction of sp³-hybridized carbons (Fsp3) is 1.00. The summed E-state index contributed by atoms with van der Waals surface area (Å²) >= 11 is 0. The van der Waals surface area contributed by atoms with Crippen molar-refractivity contribution in [1.82, 2.24) is 4.31 Å². The Bertz CT molecular complexity index is 1420. The normalized spacial score (nSPS) is 17.5. The molecule has 0 aliphatic carbocycles. The van der Waals surface area contributed by atoms with Gasteiger partial charge in [-0.25, -0.2) is 17.5 Å². The summed E-state index contributed by atoms with van der Waals surface area (Å²) in [5.74, 6) is -82.8. The van der Waals surface area contributed by atoms with Crippen LogP contribution in [-0.4, -0.2) is 100 Å². The van der Waals surface area contributed by atoms with Crippen LogP contribution in [0.25, 0.3) is 0 Å². The van der Waals surface area contributed by atoms with Crippen molar-refractivity contribution in [3.05, 3.63) is 0 Å². The second-order valence-corrected chi connectivity index (χ2v) is 13.0. The lowest BCUT2D eigenvalue weighted by atomic mass is 9.87. The Morgan fingerprint density at radius 2 is 0.808 bits per heavy atom. The van der Waals surface area contributed by atoms with Crippen molar-refractivity contribution in [2.45, 2.75) is 104 Å². The number of nitrogens with zero attached hydrogens (tertiary/aromatic N) is 1. The fourth-order valence-electron chi connectivity index (χ4n) is 3.34. The quantitative estimate of drug-likeness (QED) is 0.0470. The third kappa shape index (κ3) is 7.33. The van der Waals surface area contributed by atoms with Gasteiger partial charge in [-0.05, 0) is 6.42 Å². The average molecular weight is 879 g/mol. The van der Waals surface area contributed by atoms with Gasteiger partial charge in [0.05, 0.1) is 0 Å². The van der Waals surface area contributed by atoms with E-state index in [1.807, 2.05) is 0 Å². The van der Waals surface area contributed by atoms with Crippen LogP contribution in [0.4, 0.5) is 110 Å². The van der Waals surface area contributed by atoms with E-state index in [2.05, 4.69) is 4.52 Å². The molecule has 0 fully saturated rings. The van der Waals surface area contributed by atoms with E-state index in [0.29, 0.717) is 0 Å². The number of sulfonamides is 1. The SMILES string of the molecule is CCCCCCN(C(F)(OP(=O)(O)O)C(F)(F)F)S(=O)(=O)C(F)(F)C(F)(F)C(F)(F)C(F)(F)C(F)(F)C(F)(F)C(F)(F)C(F)(F)C(F)(F)C(F)(F)F. The van der Waals surface area contributed by atoms with Gasteiger partial charge < -0.3 is 9.79 Å². The molecule has 7 nitrogen and oxygen atoms in total. The zero-order valence-electron chi connectivity index (χ0n) is 23.8. The van der Waals surface area contributed by atoms with Crippen LogP contribution in [0.5, 0.6) is 0 Å². The van der Waals surface area contributed by atoms with E-state index >= 15 is 0 Å². The number of hydrogen-bond donors (Lipinski definition) is 2. The predicted octanol–water partition coefficient (Wildman–Crippen LogP) is 8.73. The van der Waals surface area contributed by atoms with Gasteiger partial charge >= 0.3 is 78.8 Å². The van der Waals surface area contributed by atoms with E-state index in [-0.39, 0.29) is 6.42 Å². The Morgan fingerprint density at radius 1 is 0.500 bits per heavy atom. The first-order valence-electron chi connectivity index (χ1n) is 12.2. The average Bonchev–Trinajstić information content (AvgIpc) is 2.89. The molecule has 0 aromatic carbocycles. The van der Waals surface area contributed by atoms with Crippen molar-refractivity contribution in [2.75, 3.05) is 6.54 Å². The first-order chi connectivity index (χ1) is 22.1. The van der Waals surface area contributed by atoms with E-state index < -0.39 is 119 Å². The molecular formula is C18H15F25NO6PS. The molecule has 0 amide bonds. The molecule has 0 heterocycles. The summed E-state index contributed by atoms with van der Waals surface area (Å²) in [7, 11) is -16.6. The number of unbranched alkanes of at least 4 members (excludes halogenated alkanes) is 3. The van der Waals surface area contributed by atoms with Crippen LogP contribution < -0.4 is 0 Å². The van der Waals surface area contributed by atoms with Crippen LogP contribution in [0.2, 0.25) is 0 Å². The molecular weight excluding hydrogens is 864 g/mol. The number of phosphoric acid groups is 1. The van der Waals surface area contributed by atoms with Crippen molar-refractivity contribution < 1.29 is 137 Å². The molecule has 34 heteroatoms. The smallest absolute Gasteiger partial charge is 0.303 e. The van der Waals surface area contributed by atoms with Gasteiger partial charge in [-0.15, -0.1) is 4.31 Å². The Morgan fingerprint density at radius 3 is 1.08 bits per heavy atom. The molecule has 0 bridgehead atoms. The van der Waals surface area contributed by atoms with Crippen LogP contribution in [0.1, 0.15) is 32.6 Å². The van der Waals surface area contributed by atoms with Gasteiger partial charge in [-0.3, -0.25) is 0 Å². The van der Waals surface area contributed by atoms with Crippen LogP contribution in [0.15, 0.2) is 0 Å². The zero-order valence-corrected chi connectivity index (χ0v) is 25.5. The molecule has 52 heavy (non-hydrogen) atoms. The summed E-state index contributed by atoms with van der Waals surface area (Å²) in [4.78, 5) is 17.0. The summed E-state index contributed by atoms with van der Waals surface area (Å²) < 4.78 is 377. The van der Waals surface area contributed by atoms with Crippen molar-refractivity contribution in [2.24, 2.45) is 0 Å². The van der Waals surface area contributed by atoms with Crippen molar-refractivity contribution in [3.8, 4) is 0 Å². The van der Waals surface area contributed by atoms with E-state index in [1.165, 1.54) is 6.92 Å². The predicted molar refractivity (Wildman–Crippen MR) is 113 cm³/mol. The molecule has 0 rings (SSSR count). The number of rotatable bonds is 18. The number of alkyl halides is 25. The Kier molecular flexibility index (Phi) is 13.3. The lowest BCUT2D eigenvalue weighted by molar-refractivity contribution is -0.472. The van der Waals surface area contributed by atoms with Gasteiger partial charge in [0.15, 0.2) is 0 Å². The summed E-state index contributed by atoms with van der Waals surface area (Å²) in [6.07, 6.45) is -18.9.